The molecule has 82 valence electrons. The summed E-state index contributed by atoms with van der Waals surface area (Å²) < 4.78 is 5.51. The van der Waals surface area contributed by atoms with Crippen LogP contribution in [0.25, 0.3) is 0 Å². The number of aliphatic hydroxyl groups is 1. The highest BCUT2D eigenvalue weighted by Gasteiger charge is 2.05. The van der Waals surface area contributed by atoms with Crippen LogP contribution in [0.5, 0.6) is 5.75 Å². The zero-order chi connectivity index (χ0) is 11.3. The van der Waals surface area contributed by atoms with Crippen LogP contribution < -0.4 is 4.74 Å². The number of benzene rings is 1. The highest BCUT2D eigenvalue weighted by Crippen LogP contribution is 2.20. The summed E-state index contributed by atoms with van der Waals surface area (Å²) in [5.74, 6) is 0.833. The van der Waals surface area contributed by atoms with Gasteiger partial charge in [-0.15, -0.1) is 6.58 Å². The van der Waals surface area contributed by atoms with E-state index in [1.165, 1.54) is 0 Å². The van der Waals surface area contributed by atoms with E-state index in [1.807, 2.05) is 38.1 Å². The first kappa shape index (κ1) is 11.8. The van der Waals surface area contributed by atoms with Gasteiger partial charge >= 0.3 is 0 Å². The van der Waals surface area contributed by atoms with E-state index in [0.717, 1.165) is 11.3 Å². The van der Waals surface area contributed by atoms with Crippen molar-refractivity contribution in [2.75, 3.05) is 0 Å². The van der Waals surface area contributed by atoms with E-state index in [0.29, 0.717) is 6.42 Å². The van der Waals surface area contributed by atoms with Crippen molar-refractivity contribution in [1.82, 2.24) is 0 Å². The molecule has 0 saturated carbocycles. The highest BCUT2D eigenvalue weighted by molar-refractivity contribution is 5.28. The quantitative estimate of drug-likeness (QED) is 0.750. The lowest BCUT2D eigenvalue weighted by atomic mass is 10.1. The van der Waals surface area contributed by atoms with Gasteiger partial charge in [-0.1, -0.05) is 18.2 Å². The van der Waals surface area contributed by atoms with Crippen molar-refractivity contribution in [2.45, 2.75) is 32.5 Å². The predicted molar refractivity (Wildman–Crippen MR) is 62.0 cm³/mol. The van der Waals surface area contributed by atoms with Crippen LogP contribution in [0.1, 0.15) is 31.9 Å². The van der Waals surface area contributed by atoms with Crippen molar-refractivity contribution in [3.05, 3.63) is 42.5 Å². The molecule has 0 heterocycles. The average Bonchev–Trinajstić information content (AvgIpc) is 2.18. The van der Waals surface area contributed by atoms with Gasteiger partial charge in [-0.25, -0.2) is 0 Å². The molecule has 1 aromatic rings. The van der Waals surface area contributed by atoms with Crippen molar-refractivity contribution < 1.29 is 9.84 Å². The second kappa shape index (κ2) is 5.56. The van der Waals surface area contributed by atoms with Crippen LogP contribution in [0, 0.1) is 0 Å². The Labute approximate surface area is 91.2 Å². The molecule has 0 aliphatic rings. The van der Waals surface area contributed by atoms with Crippen molar-refractivity contribution in [3.63, 3.8) is 0 Å². The Morgan fingerprint density at radius 2 is 1.93 bits per heavy atom. The Kier molecular flexibility index (Phi) is 4.37. The summed E-state index contributed by atoms with van der Waals surface area (Å²) in [6.07, 6.45) is 2.00. The first-order chi connectivity index (χ1) is 7.13. The van der Waals surface area contributed by atoms with Crippen molar-refractivity contribution in [3.8, 4) is 5.75 Å². The maximum Gasteiger partial charge on any atom is 0.119 e. The lowest BCUT2D eigenvalue weighted by Crippen LogP contribution is -2.05. The van der Waals surface area contributed by atoms with Crippen LogP contribution in [0.4, 0.5) is 0 Å². The van der Waals surface area contributed by atoms with Gasteiger partial charge in [0.2, 0.25) is 0 Å². The van der Waals surface area contributed by atoms with Crippen LogP contribution in [0.3, 0.4) is 0 Å². The lowest BCUT2D eigenvalue weighted by Gasteiger charge is -2.12. The first-order valence-corrected chi connectivity index (χ1v) is 5.19. The monoisotopic (exact) mass is 206 g/mol. The fourth-order valence-electron chi connectivity index (χ4n) is 1.33. The molecule has 0 radical (unpaired) electrons. The Balaban J connectivity index is 2.67. The van der Waals surface area contributed by atoms with Crippen LogP contribution in [-0.2, 0) is 0 Å². The number of rotatable bonds is 5. The lowest BCUT2D eigenvalue weighted by molar-refractivity contribution is 0.181. The minimum atomic E-state index is -0.462. The minimum absolute atomic E-state index is 0.175. The molecule has 0 spiro atoms. The SMILES string of the molecule is C=CCC(O)c1ccc(OC(C)C)cc1. The van der Waals surface area contributed by atoms with Gasteiger partial charge < -0.3 is 9.84 Å². The summed E-state index contributed by atoms with van der Waals surface area (Å²) in [5.41, 5.74) is 0.894. The van der Waals surface area contributed by atoms with E-state index in [-0.39, 0.29) is 6.10 Å². The number of hydrogen-bond acceptors (Lipinski definition) is 2. The first-order valence-electron chi connectivity index (χ1n) is 5.19. The summed E-state index contributed by atoms with van der Waals surface area (Å²) in [7, 11) is 0. The molecule has 0 bridgehead atoms. The number of ether oxygens (including phenoxy) is 1. The van der Waals surface area contributed by atoms with Crippen molar-refractivity contribution in [1.29, 1.82) is 0 Å². The molecule has 1 unspecified atom stereocenters. The van der Waals surface area contributed by atoms with Crippen LogP contribution in [0.15, 0.2) is 36.9 Å². The fourth-order valence-corrected chi connectivity index (χ4v) is 1.33. The molecule has 0 amide bonds. The molecule has 1 N–H and O–H groups in total. The second-order valence-corrected chi connectivity index (χ2v) is 3.78. The third-order valence-electron chi connectivity index (χ3n) is 2.03. The third-order valence-corrected chi connectivity index (χ3v) is 2.03. The van der Waals surface area contributed by atoms with Gasteiger partial charge in [0.05, 0.1) is 12.2 Å². The van der Waals surface area contributed by atoms with E-state index in [1.54, 1.807) is 6.08 Å². The Bertz CT molecular complexity index is 301. The van der Waals surface area contributed by atoms with E-state index in [9.17, 15) is 5.11 Å². The molecule has 1 rings (SSSR count). The minimum Gasteiger partial charge on any atom is -0.491 e. The second-order valence-electron chi connectivity index (χ2n) is 3.78. The fraction of sp³-hybridized carbons (Fsp3) is 0.385. The van der Waals surface area contributed by atoms with Crippen LogP contribution in [0.2, 0.25) is 0 Å². The maximum atomic E-state index is 9.68. The molecule has 2 heteroatoms. The largest absolute Gasteiger partial charge is 0.491 e. The standard InChI is InChI=1S/C13H18O2/c1-4-5-13(14)11-6-8-12(9-7-11)15-10(2)3/h4,6-10,13-14H,1,5H2,2-3H3. The maximum absolute atomic E-state index is 9.68. The third kappa shape index (κ3) is 3.76. The molecule has 2 nitrogen and oxygen atoms in total. The predicted octanol–water partition coefficient (Wildman–Crippen LogP) is 3.08. The van der Waals surface area contributed by atoms with Gasteiger partial charge in [0.25, 0.3) is 0 Å². The molecule has 0 aliphatic carbocycles. The average molecular weight is 206 g/mol. The van der Waals surface area contributed by atoms with Gasteiger partial charge in [0.15, 0.2) is 0 Å². The summed E-state index contributed by atoms with van der Waals surface area (Å²) >= 11 is 0. The smallest absolute Gasteiger partial charge is 0.119 e. The Morgan fingerprint density at radius 3 is 2.40 bits per heavy atom. The van der Waals surface area contributed by atoms with E-state index < -0.39 is 6.10 Å². The van der Waals surface area contributed by atoms with Crippen LogP contribution >= 0.6 is 0 Å². The summed E-state index contributed by atoms with van der Waals surface area (Å²) in [6.45, 7) is 7.57. The van der Waals surface area contributed by atoms with E-state index in [2.05, 4.69) is 6.58 Å². The summed E-state index contributed by atoms with van der Waals surface area (Å²) in [6, 6.07) is 7.51. The zero-order valence-corrected chi connectivity index (χ0v) is 9.31. The highest BCUT2D eigenvalue weighted by atomic mass is 16.5. The Morgan fingerprint density at radius 1 is 1.33 bits per heavy atom. The molecular formula is C13H18O2. The van der Waals surface area contributed by atoms with Gasteiger partial charge in [-0.05, 0) is 38.0 Å². The molecule has 1 aromatic carbocycles. The molecule has 0 saturated heterocycles. The molecular weight excluding hydrogens is 188 g/mol. The van der Waals surface area contributed by atoms with Gasteiger partial charge in [-0.2, -0.15) is 0 Å². The van der Waals surface area contributed by atoms with Crippen molar-refractivity contribution in [2.24, 2.45) is 0 Å². The summed E-state index contributed by atoms with van der Waals surface area (Å²) in [4.78, 5) is 0. The van der Waals surface area contributed by atoms with Crippen molar-refractivity contribution >= 4 is 0 Å². The summed E-state index contributed by atoms with van der Waals surface area (Å²) in [5, 5.41) is 9.68. The molecule has 15 heavy (non-hydrogen) atoms. The van der Waals surface area contributed by atoms with Gasteiger partial charge in [-0.3, -0.25) is 0 Å². The molecule has 0 fully saturated rings. The normalized spacial score (nSPS) is 12.5. The van der Waals surface area contributed by atoms with Gasteiger partial charge in [0.1, 0.15) is 5.75 Å². The zero-order valence-electron chi connectivity index (χ0n) is 9.31. The van der Waals surface area contributed by atoms with E-state index >= 15 is 0 Å². The topological polar surface area (TPSA) is 29.5 Å². The molecule has 0 aromatic heterocycles. The molecule has 1 atom stereocenters. The van der Waals surface area contributed by atoms with Gasteiger partial charge in [0, 0.05) is 0 Å². The molecule has 0 aliphatic heterocycles. The van der Waals surface area contributed by atoms with E-state index in [4.69, 9.17) is 4.74 Å². The number of hydrogen-bond donors (Lipinski definition) is 1. The Hall–Kier alpha value is -1.28. The van der Waals surface area contributed by atoms with Crippen LogP contribution in [-0.4, -0.2) is 11.2 Å². The number of aliphatic hydroxyl groups excluding tert-OH is 1.